The number of benzene rings is 2. The number of aliphatic hydroxyl groups excluding tert-OH is 1. The van der Waals surface area contributed by atoms with Crippen molar-refractivity contribution in [2.75, 3.05) is 44.1 Å². The number of anilines is 1. The Hall–Kier alpha value is -3.68. The number of nitrogens with zero attached hydrogens (tertiary/aromatic N) is 3. The monoisotopic (exact) mass is 776 g/mol. The molecule has 1 spiro atoms. The Morgan fingerprint density at radius 3 is 2.87 bits per heavy atom. The van der Waals surface area contributed by atoms with Gasteiger partial charge in [0.1, 0.15) is 15.7 Å². The topological polar surface area (TPSA) is 132 Å². The highest BCUT2D eigenvalue weighted by atomic mass is 35.5. The van der Waals surface area contributed by atoms with Gasteiger partial charge in [0.2, 0.25) is 0 Å². The number of aromatic nitrogens is 1. The summed E-state index contributed by atoms with van der Waals surface area (Å²) < 4.78 is 41.3. The van der Waals surface area contributed by atoms with E-state index in [1.54, 1.807) is 31.5 Å². The van der Waals surface area contributed by atoms with Crippen molar-refractivity contribution in [3.63, 3.8) is 0 Å². The van der Waals surface area contributed by atoms with E-state index in [9.17, 15) is 18.9 Å². The number of amides is 2. The fourth-order valence-electron chi connectivity index (χ4n) is 9.07. The maximum atomic E-state index is 14.7. The van der Waals surface area contributed by atoms with Crippen LogP contribution in [0, 0.1) is 17.8 Å². The van der Waals surface area contributed by atoms with Crippen molar-refractivity contribution in [3.05, 3.63) is 93.8 Å². The molecule has 5 aliphatic rings. The smallest absolute Gasteiger partial charge is 0.286 e. The normalized spacial score (nSPS) is 31.4. The summed E-state index contributed by atoms with van der Waals surface area (Å²) in [6.45, 7) is 5.00. The van der Waals surface area contributed by atoms with Gasteiger partial charge in [-0.3, -0.25) is 14.3 Å². The van der Waals surface area contributed by atoms with Crippen LogP contribution in [0.25, 0.3) is 0 Å². The minimum atomic E-state index is -3.59. The van der Waals surface area contributed by atoms with E-state index < -0.39 is 27.8 Å². The molecule has 3 aromatic rings. The van der Waals surface area contributed by atoms with Crippen LogP contribution >= 0.6 is 11.6 Å². The molecule has 11 nitrogen and oxygen atoms in total. The first-order valence-corrected chi connectivity index (χ1v) is 21.1. The molecule has 8 rings (SSSR count). The number of carbonyl (C=O) groups excluding carboxylic acids is 2. The summed E-state index contributed by atoms with van der Waals surface area (Å²) in [6, 6.07) is 13.2. The second-order valence-corrected chi connectivity index (χ2v) is 18.4. The number of allylic oxidation sites excluding steroid dienone is 1. The van der Waals surface area contributed by atoms with E-state index in [0.717, 1.165) is 48.5 Å². The molecule has 1 unspecified atom stereocenters. The number of aliphatic hydroxyl groups is 1. The number of halogens is 1. The number of rotatable bonds is 4. The van der Waals surface area contributed by atoms with Gasteiger partial charge in [0.05, 0.1) is 55.6 Å². The van der Waals surface area contributed by atoms with Crippen LogP contribution in [0.1, 0.15) is 76.6 Å². The standard InChI is InChI=1S/C41H49ClN4O7S/c1-26-5-3-7-37(47)34-11-8-29(34)18-46-24-41(14-4-6-27-15-31(42)10-12-35(27)41)25-53-38-13-9-28(17-36(38)46)39(48)43-54(50,23-26)44-40(49)30-16-32-21-52-33(22-51-2)20-45(32)19-30/h3,7,9-10,12-13,15-17,19,26,29,33-34,37,47H,4-6,8,11,14,18,20-25H2,1-2H3,(H,43,44,48,49,50)/b7-3+/t26-,29-,33-,34+,37-,41-,54?/m0/s1. The van der Waals surface area contributed by atoms with E-state index in [1.807, 2.05) is 35.8 Å². The van der Waals surface area contributed by atoms with Gasteiger partial charge in [-0.1, -0.05) is 36.7 Å². The van der Waals surface area contributed by atoms with Gasteiger partial charge in [-0.25, -0.2) is 4.21 Å². The maximum Gasteiger partial charge on any atom is 0.286 e. The number of hydrogen-bond donors (Lipinski definition) is 2. The average Bonchev–Trinajstić information content (AvgIpc) is 3.49. The number of ether oxygens (including phenoxy) is 3. The number of carbonyl (C=O) groups is 2. The van der Waals surface area contributed by atoms with Crippen LogP contribution in [0.4, 0.5) is 5.69 Å². The number of aryl methyl sites for hydroxylation is 1. The molecule has 7 atom stereocenters. The molecule has 2 amide bonds. The molecule has 0 saturated heterocycles. The van der Waals surface area contributed by atoms with Gasteiger partial charge in [-0.15, -0.1) is 4.36 Å². The van der Waals surface area contributed by atoms with E-state index in [1.165, 1.54) is 11.1 Å². The molecule has 54 heavy (non-hydrogen) atoms. The van der Waals surface area contributed by atoms with Gasteiger partial charge in [0, 0.05) is 48.1 Å². The minimum absolute atomic E-state index is 0.0460. The molecule has 1 saturated carbocycles. The van der Waals surface area contributed by atoms with Gasteiger partial charge in [-0.2, -0.15) is 0 Å². The summed E-state index contributed by atoms with van der Waals surface area (Å²) in [5, 5.41) is 12.1. The van der Waals surface area contributed by atoms with Crippen LogP contribution < -0.4 is 14.4 Å². The van der Waals surface area contributed by atoms with Crippen molar-refractivity contribution in [1.29, 1.82) is 0 Å². The Kier molecular flexibility index (Phi) is 10.4. The molecule has 0 radical (unpaired) electrons. The van der Waals surface area contributed by atoms with Gasteiger partial charge < -0.3 is 28.8 Å². The minimum Gasteiger partial charge on any atom is -0.490 e. The summed E-state index contributed by atoms with van der Waals surface area (Å²) in [5.74, 6) is -0.494. The molecule has 288 valence electrons. The Labute approximate surface area is 322 Å². The summed E-state index contributed by atoms with van der Waals surface area (Å²) in [7, 11) is -1.98. The van der Waals surface area contributed by atoms with E-state index >= 15 is 0 Å². The molecule has 13 heteroatoms. The third-order valence-electron chi connectivity index (χ3n) is 12.0. The van der Waals surface area contributed by atoms with Gasteiger partial charge >= 0.3 is 0 Å². The van der Waals surface area contributed by atoms with Crippen molar-refractivity contribution in [2.45, 2.75) is 76.2 Å². The fraction of sp³-hybridized carbons (Fsp3) is 0.512. The Bertz CT molecular complexity index is 2090. The molecule has 2 N–H and O–H groups in total. The van der Waals surface area contributed by atoms with Crippen molar-refractivity contribution in [3.8, 4) is 5.75 Å². The lowest BCUT2D eigenvalue weighted by Crippen LogP contribution is -2.49. The predicted octanol–water partition coefficient (Wildman–Crippen LogP) is 6.10. The quantitative estimate of drug-likeness (QED) is 0.305. The summed E-state index contributed by atoms with van der Waals surface area (Å²) in [5.41, 5.74) is 4.36. The zero-order valence-corrected chi connectivity index (χ0v) is 32.4. The van der Waals surface area contributed by atoms with E-state index in [-0.39, 0.29) is 40.6 Å². The lowest BCUT2D eigenvalue weighted by molar-refractivity contribution is -0.0382. The third-order valence-corrected chi connectivity index (χ3v) is 14.2. The van der Waals surface area contributed by atoms with Crippen LogP contribution in [-0.4, -0.2) is 77.1 Å². The number of hydrogen-bond acceptors (Lipinski definition) is 8. The number of nitrogens with one attached hydrogen (secondary N) is 1. The SMILES string of the molecule is COC[C@@H]1Cn2cc(C(=O)NS3(=O)=NC(=O)c4ccc5c(c4)N(C[C@@H]4CC[C@H]4[C@@H](O)/C=C/C[C@H](C)C3)C[C@@]3(CCCc4cc(Cl)ccc43)CO5)cc2CO1. The molecule has 2 aromatic carbocycles. The molecule has 2 aliphatic carbocycles. The third kappa shape index (κ3) is 7.47. The Balaban J connectivity index is 1.15. The second kappa shape index (κ2) is 15.1. The molecular weight excluding hydrogens is 728 g/mol. The molecule has 1 aromatic heterocycles. The Morgan fingerprint density at radius 1 is 1.19 bits per heavy atom. The summed E-state index contributed by atoms with van der Waals surface area (Å²) >= 11 is 6.45. The first-order valence-electron chi connectivity index (χ1n) is 19.1. The zero-order chi connectivity index (χ0) is 37.6. The van der Waals surface area contributed by atoms with E-state index in [2.05, 4.69) is 26.1 Å². The van der Waals surface area contributed by atoms with Crippen molar-refractivity contribution in [2.24, 2.45) is 22.1 Å². The highest BCUT2D eigenvalue weighted by Gasteiger charge is 2.44. The molecular formula is C41H49ClN4O7S. The van der Waals surface area contributed by atoms with E-state index in [4.69, 9.17) is 25.8 Å². The number of methoxy groups -OCH3 is 1. The second-order valence-electron chi connectivity index (χ2n) is 15.9. The van der Waals surface area contributed by atoms with Crippen LogP contribution in [0.5, 0.6) is 5.75 Å². The Morgan fingerprint density at radius 2 is 2.06 bits per heavy atom. The molecule has 2 bridgehead atoms. The van der Waals surface area contributed by atoms with Gasteiger partial charge in [0.25, 0.3) is 11.8 Å². The van der Waals surface area contributed by atoms with Crippen LogP contribution in [0.2, 0.25) is 5.02 Å². The lowest BCUT2D eigenvalue weighted by Gasteiger charge is -2.45. The summed E-state index contributed by atoms with van der Waals surface area (Å²) in [6.07, 6.45) is 10.1. The summed E-state index contributed by atoms with van der Waals surface area (Å²) in [4.78, 5) is 30.1. The average molecular weight is 777 g/mol. The molecule has 1 fully saturated rings. The highest BCUT2D eigenvalue weighted by molar-refractivity contribution is 7.92. The van der Waals surface area contributed by atoms with Crippen molar-refractivity contribution >= 4 is 39.0 Å². The van der Waals surface area contributed by atoms with Crippen molar-refractivity contribution in [1.82, 2.24) is 9.29 Å². The highest BCUT2D eigenvalue weighted by Crippen LogP contribution is 2.47. The van der Waals surface area contributed by atoms with Gasteiger partial charge in [-0.05, 0) is 104 Å². The van der Waals surface area contributed by atoms with Crippen LogP contribution in [0.3, 0.4) is 0 Å². The van der Waals surface area contributed by atoms with Crippen LogP contribution in [0.15, 0.2) is 65.2 Å². The van der Waals surface area contributed by atoms with E-state index in [0.29, 0.717) is 57.2 Å². The van der Waals surface area contributed by atoms with Crippen LogP contribution in [-0.2, 0) is 44.4 Å². The van der Waals surface area contributed by atoms with Crippen molar-refractivity contribution < 1.29 is 33.1 Å². The first kappa shape index (κ1) is 37.3. The maximum absolute atomic E-state index is 14.7. The largest absolute Gasteiger partial charge is 0.490 e. The lowest BCUT2D eigenvalue weighted by atomic mass is 9.68. The number of fused-ring (bicyclic) bond motifs is 5. The molecule has 3 aliphatic heterocycles. The molecule has 4 heterocycles. The predicted molar refractivity (Wildman–Crippen MR) is 207 cm³/mol. The van der Waals surface area contributed by atoms with Gasteiger partial charge in [0.15, 0.2) is 0 Å². The first-order chi connectivity index (χ1) is 26.0. The zero-order valence-electron chi connectivity index (χ0n) is 30.9. The fourth-order valence-corrected chi connectivity index (χ4v) is 11.2.